The highest BCUT2D eigenvalue weighted by Crippen LogP contribution is 2.20. The Labute approximate surface area is 128 Å². The summed E-state index contributed by atoms with van der Waals surface area (Å²) < 4.78 is 18.3. The minimum absolute atomic E-state index is 0.0342. The third-order valence-electron chi connectivity index (χ3n) is 2.42. The standard InChI is InChI=1S/C15H19FN2O4/c1-9(19)11-7-10(16)5-6-12(11)22-8-13(20)17-14(21)18-15(2,3)4/h5-7H,8H2,1-4H3,(H2,17,18,20,21). The van der Waals surface area contributed by atoms with E-state index in [0.29, 0.717) is 0 Å². The number of ketones is 1. The Morgan fingerprint density at radius 1 is 1.23 bits per heavy atom. The van der Waals surface area contributed by atoms with E-state index in [0.717, 1.165) is 12.1 Å². The van der Waals surface area contributed by atoms with Crippen LogP contribution in [0.15, 0.2) is 18.2 Å². The Hall–Kier alpha value is -2.44. The molecule has 0 heterocycles. The number of rotatable bonds is 4. The Balaban J connectivity index is 2.62. The molecule has 0 saturated carbocycles. The summed E-state index contributed by atoms with van der Waals surface area (Å²) in [6, 6.07) is 2.76. The van der Waals surface area contributed by atoms with Gasteiger partial charge in [0.2, 0.25) is 0 Å². The highest BCUT2D eigenvalue weighted by molar-refractivity contribution is 5.97. The summed E-state index contributed by atoms with van der Waals surface area (Å²) in [4.78, 5) is 34.5. The Bertz CT molecular complexity index is 594. The molecule has 0 aliphatic carbocycles. The van der Waals surface area contributed by atoms with Crippen LogP contribution >= 0.6 is 0 Å². The third kappa shape index (κ3) is 5.90. The first kappa shape index (κ1) is 17.6. The van der Waals surface area contributed by atoms with E-state index in [2.05, 4.69) is 10.6 Å². The maximum absolute atomic E-state index is 13.1. The van der Waals surface area contributed by atoms with Gasteiger partial charge in [0.1, 0.15) is 11.6 Å². The molecule has 1 rings (SSSR count). The second-order valence-corrected chi connectivity index (χ2v) is 5.74. The Kier molecular flexibility index (Phi) is 5.62. The Morgan fingerprint density at radius 3 is 2.41 bits per heavy atom. The molecule has 0 aliphatic rings. The van der Waals surface area contributed by atoms with Gasteiger partial charge in [-0.25, -0.2) is 9.18 Å². The van der Waals surface area contributed by atoms with Crippen LogP contribution in [0.2, 0.25) is 0 Å². The number of Topliss-reactive ketones (excluding diaryl/α,β-unsaturated/α-hetero) is 1. The molecular formula is C15H19FN2O4. The van der Waals surface area contributed by atoms with Crippen LogP contribution in [-0.4, -0.2) is 29.9 Å². The summed E-state index contributed by atoms with van der Waals surface area (Å²) in [5, 5.41) is 4.65. The molecular weight excluding hydrogens is 291 g/mol. The van der Waals surface area contributed by atoms with Gasteiger partial charge in [0, 0.05) is 5.54 Å². The van der Waals surface area contributed by atoms with Crippen LogP contribution in [0.1, 0.15) is 38.1 Å². The summed E-state index contributed by atoms with van der Waals surface area (Å²) in [7, 11) is 0. The Morgan fingerprint density at radius 2 is 1.86 bits per heavy atom. The second-order valence-electron chi connectivity index (χ2n) is 5.74. The molecule has 0 spiro atoms. The summed E-state index contributed by atoms with van der Waals surface area (Å²) in [6.07, 6.45) is 0. The van der Waals surface area contributed by atoms with Crippen LogP contribution in [0.4, 0.5) is 9.18 Å². The van der Waals surface area contributed by atoms with Gasteiger partial charge >= 0.3 is 6.03 Å². The highest BCUT2D eigenvalue weighted by Gasteiger charge is 2.17. The van der Waals surface area contributed by atoms with Crippen LogP contribution < -0.4 is 15.4 Å². The van der Waals surface area contributed by atoms with Crippen molar-refractivity contribution >= 4 is 17.7 Å². The number of ether oxygens (including phenoxy) is 1. The maximum Gasteiger partial charge on any atom is 0.321 e. The number of benzene rings is 1. The molecule has 6 nitrogen and oxygen atoms in total. The fourth-order valence-corrected chi connectivity index (χ4v) is 1.58. The summed E-state index contributed by atoms with van der Waals surface area (Å²) in [5.41, 5.74) is -0.448. The number of halogens is 1. The van der Waals surface area contributed by atoms with Crippen LogP contribution in [0.3, 0.4) is 0 Å². The first-order valence-corrected chi connectivity index (χ1v) is 6.64. The van der Waals surface area contributed by atoms with E-state index in [1.165, 1.54) is 13.0 Å². The molecule has 0 saturated heterocycles. The quantitative estimate of drug-likeness (QED) is 0.833. The molecule has 0 fully saturated rings. The van der Waals surface area contributed by atoms with E-state index in [1.807, 2.05) is 0 Å². The van der Waals surface area contributed by atoms with Gasteiger partial charge in [-0.3, -0.25) is 14.9 Å². The van der Waals surface area contributed by atoms with E-state index in [9.17, 15) is 18.8 Å². The van der Waals surface area contributed by atoms with Crippen molar-refractivity contribution in [3.8, 4) is 5.75 Å². The first-order valence-electron chi connectivity index (χ1n) is 6.64. The van der Waals surface area contributed by atoms with Crippen molar-refractivity contribution in [3.05, 3.63) is 29.6 Å². The molecule has 0 atom stereocenters. The van der Waals surface area contributed by atoms with Gasteiger partial charge < -0.3 is 10.1 Å². The largest absolute Gasteiger partial charge is 0.483 e. The van der Waals surface area contributed by atoms with Crippen LogP contribution in [0.25, 0.3) is 0 Å². The van der Waals surface area contributed by atoms with Crippen molar-refractivity contribution in [3.63, 3.8) is 0 Å². The lowest BCUT2D eigenvalue weighted by Gasteiger charge is -2.20. The summed E-state index contributed by atoms with van der Waals surface area (Å²) >= 11 is 0. The van der Waals surface area contributed by atoms with Gasteiger partial charge in [0.05, 0.1) is 5.56 Å². The topological polar surface area (TPSA) is 84.5 Å². The molecule has 0 unspecified atom stereocenters. The SMILES string of the molecule is CC(=O)c1cc(F)ccc1OCC(=O)NC(=O)NC(C)(C)C. The van der Waals surface area contributed by atoms with Gasteiger partial charge in [-0.2, -0.15) is 0 Å². The fourth-order valence-electron chi connectivity index (χ4n) is 1.58. The van der Waals surface area contributed by atoms with Crippen LogP contribution in [-0.2, 0) is 4.79 Å². The zero-order valence-corrected chi connectivity index (χ0v) is 13.0. The normalized spacial score (nSPS) is 10.8. The number of hydrogen-bond donors (Lipinski definition) is 2. The lowest BCUT2D eigenvalue weighted by atomic mass is 10.1. The van der Waals surface area contributed by atoms with E-state index in [1.54, 1.807) is 20.8 Å². The number of amides is 3. The van der Waals surface area contributed by atoms with Crippen molar-refractivity contribution in [1.29, 1.82) is 0 Å². The van der Waals surface area contributed by atoms with Crippen molar-refractivity contribution < 1.29 is 23.5 Å². The number of hydrogen-bond acceptors (Lipinski definition) is 4. The molecule has 7 heteroatoms. The van der Waals surface area contributed by atoms with Crippen molar-refractivity contribution in [2.75, 3.05) is 6.61 Å². The summed E-state index contributed by atoms with van der Waals surface area (Å²) in [6.45, 7) is 6.10. The monoisotopic (exact) mass is 310 g/mol. The van der Waals surface area contributed by atoms with Gasteiger partial charge in [-0.05, 0) is 45.9 Å². The van der Waals surface area contributed by atoms with Crippen molar-refractivity contribution in [2.45, 2.75) is 33.2 Å². The molecule has 2 N–H and O–H groups in total. The predicted molar refractivity (Wildman–Crippen MR) is 78.3 cm³/mol. The molecule has 120 valence electrons. The zero-order chi connectivity index (χ0) is 16.9. The molecule has 0 aromatic heterocycles. The second kappa shape index (κ2) is 7.02. The number of imide groups is 1. The molecule has 1 aromatic carbocycles. The lowest BCUT2D eigenvalue weighted by molar-refractivity contribution is -0.122. The van der Waals surface area contributed by atoms with Crippen LogP contribution in [0.5, 0.6) is 5.75 Å². The maximum atomic E-state index is 13.1. The number of urea groups is 1. The van der Waals surface area contributed by atoms with E-state index in [4.69, 9.17) is 4.74 Å². The van der Waals surface area contributed by atoms with Crippen molar-refractivity contribution in [2.24, 2.45) is 0 Å². The van der Waals surface area contributed by atoms with Gasteiger partial charge in [0.15, 0.2) is 12.4 Å². The number of nitrogens with one attached hydrogen (secondary N) is 2. The molecule has 0 bridgehead atoms. The van der Waals surface area contributed by atoms with Gasteiger partial charge in [-0.1, -0.05) is 0 Å². The zero-order valence-electron chi connectivity index (χ0n) is 13.0. The van der Waals surface area contributed by atoms with E-state index >= 15 is 0 Å². The van der Waals surface area contributed by atoms with Gasteiger partial charge in [-0.15, -0.1) is 0 Å². The molecule has 0 radical (unpaired) electrons. The number of carbonyl (C=O) groups excluding carboxylic acids is 3. The molecule has 1 aromatic rings. The highest BCUT2D eigenvalue weighted by atomic mass is 19.1. The molecule has 3 amide bonds. The third-order valence-corrected chi connectivity index (χ3v) is 2.42. The molecule has 0 aliphatic heterocycles. The van der Waals surface area contributed by atoms with Crippen molar-refractivity contribution in [1.82, 2.24) is 10.6 Å². The fraction of sp³-hybridized carbons (Fsp3) is 0.400. The lowest BCUT2D eigenvalue weighted by Crippen LogP contribution is -2.49. The minimum Gasteiger partial charge on any atom is -0.483 e. The van der Waals surface area contributed by atoms with E-state index < -0.39 is 29.9 Å². The smallest absolute Gasteiger partial charge is 0.321 e. The van der Waals surface area contributed by atoms with Crippen LogP contribution in [0, 0.1) is 5.82 Å². The van der Waals surface area contributed by atoms with E-state index in [-0.39, 0.29) is 17.1 Å². The predicted octanol–water partition coefficient (Wildman–Crippen LogP) is 2.03. The first-order chi connectivity index (χ1) is 10.1. The minimum atomic E-state index is -0.680. The van der Waals surface area contributed by atoms with Gasteiger partial charge in [0.25, 0.3) is 5.91 Å². The number of carbonyl (C=O) groups is 3. The molecule has 22 heavy (non-hydrogen) atoms. The summed E-state index contributed by atoms with van der Waals surface area (Å²) in [5.74, 6) is -1.56. The average Bonchev–Trinajstić information content (AvgIpc) is 2.34. The average molecular weight is 310 g/mol.